The van der Waals surface area contributed by atoms with Crippen LogP contribution in [0.2, 0.25) is 0 Å². The Morgan fingerprint density at radius 3 is 1.69 bits per heavy atom. The summed E-state index contributed by atoms with van der Waals surface area (Å²) in [5.74, 6) is 0. The predicted molar refractivity (Wildman–Crippen MR) is 67.0 cm³/mol. The van der Waals surface area contributed by atoms with Crippen molar-refractivity contribution in [2.45, 2.75) is 13.3 Å². The minimum atomic E-state index is 0.715. The molecular formula is C15H15N. The van der Waals surface area contributed by atoms with E-state index in [4.69, 9.17) is 5.26 Å². The first kappa shape index (κ1) is 12.0. The number of nitriles is 1. The van der Waals surface area contributed by atoms with Gasteiger partial charge in [-0.3, -0.25) is 0 Å². The summed E-state index contributed by atoms with van der Waals surface area (Å²) in [6.07, 6.45) is 1.14. The maximum Gasteiger partial charge on any atom is 0.0991 e. The number of nitrogens with zero attached hydrogens (tertiary/aromatic N) is 1. The van der Waals surface area contributed by atoms with E-state index in [1.807, 2.05) is 30.3 Å². The third-order valence-corrected chi connectivity index (χ3v) is 2.15. The first-order valence-electron chi connectivity index (χ1n) is 5.36. The molecule has 2 aromatic carbocycles. The predicted octanol–water partition coefficient (Wildman–Crippen LogP) is 3.81. The molecule has 0 heterocycles. The third kappa shape index (κ3) is 4.43. The Morgan fingerprint density at radius 1 is 0.875 bits per heavy atom. The topological polar surface area (TPSA) is 23.8 Å². The highest BCUT2D eigenvalue weighted by atomic mass is 14.2. The second kappa shape index (κ2) is 7.25. The molecule has 0 radical (unpaired) electrons. The monoisotopic (exact) mass is 209 g/mol. The van der Waals surface area contributed by atoms with Crippen molar-refractivity contribution in [3.63, 3.8) is 0 Å². The van der Waals surface area contributed by atoms with Gasteiger partial charge in [-0.05, 0) is 24.1 Å². The standard InChI is InChI=1S/C8H10.C7H5N/c1-2-8-6-4-3-5-7-8;8-6-7-4-2-1-3-5-7/h3-7H,2H2,1H3;1-5H. The highest BCUT2D eigenvalue weighted by Gasteiger charge is 1.80. The van der Waals surface area contributed by atoms with Crippen molar-refractivity contribution in [1.29, 1.82) is 5.26 Å². The van der Waals surface area contributed by atoms with Crippen LogP contribution in [0.4, 0.5) is 0 Å². The van der Waals surface area contributed by atoms with Gasteiger partial charge in [-0.2, -0.15) is 5.26 Å². The van der Waals surface area contributed by atoms with E-state index in [2.05, 4.69) is 31.2 Å². The molecule has 0 unspecified atom stereocenters. The lowest BCUT2D eigenvalue weighted by Gasteiger charge is -1.89. The number of hydrogen-bond acceptors (Lipinski definition) is 1. The van der Waals surface area contributed by atoms with Gasteiger partial charge in [-0.1, -0.05) is 55.5 Å². The molecule has 0 aliphatic rings. The molecule has 0 atom stereocenters. The Morgan fingerprint density at radius 2 is 1.38 bits per heavy atom. The largest absolute Gasteiger partial charge is 0.192 e. The SMILES string of the molecule is CCc1ccccc1.N#Cc1ccccc1. The normalized spacial score (nSPS) is 8.50. The minimum Gasteiger partial charge on any atom is -0.192 e. The molecule has 0 saturated carbocycles. The number of hydrogen-bond donors (Lipinski definition) is 0. The van der Waals surface area contributed by atoms with Crippen LogP contribution in [0.5, 0.6) is 0 Å². The molecule has 0 aromatic heterocycles. The Kier molecular flexibility index (Phi) is 5.44. The van der Waals surface area contributed by atoms with Crippen molar-refractivity contribution < 1.29 is 0 Å². The molecule has 80 valence electrons. The molecule has 0 fully saturated rings. The van der Waals surface area contributed by atoms with Gasteiger partial charge in [0.05, 0.1) is 11.6 Å². The Balaban J connectivity index is 0.000000160. The lowest BCUT2D eigenvalue weighted by Crippen LogP contribution is -1.73. The summed E-state index contributed by atoms with van der Waals surface area (Å²) in [6.45, 7) is 2.16. The second-order valence-corrected chi connectivity index (χ2v) is 3.32. The average molecular weight is 209 g/mol. The van der Waals surface area contributed by atoms with Gasteiger partial charge in [-0.25, -0.2) is 0 Å². The van der Waals surface area contributed by atoms with Crippen LogP contribution in [0, 0.1) is 11.3 Å². The van der Waals surface area contributed by atoms with Crippen molar-refractivity contribution >= 4 is 0 Å². The molecule has 1 heteroatoms. The van der Waals surface area contributed by atoms with Gasteiger partial charge in [0.15, 0.2) is 0 Å². The van der Waals surface area contributed by atoms with Gasteiger partial charge in [0.25, 0.3) is 0 Å². The fraction of sp³-hybridized carbons (Fsp3) is 0.133. The molecule has 0 bridgehead atoms. The van der Waals surface area contributed by atoms with Crippen LogP contribution in [0.25, 0.3) is 0 Å². The summed E-state index contributed by atoms with van der Waals surface area (Å²) in [7, 11) is 0. The molecule has 16 heavy (non-hydrogen) atoms. The fourth-order valence-electron chi connectivity index (χ4n) is 1.23. The molecule has 0 aliphatic carbocycles. The van der Waals surface area contributed by atoms with Gasteiger partial charge in [-0.15, -0.1) is 0 Å². The van der Waals surface area contributed by atoms with E-state index in [0.29, 0.717) is 5.56 Å². The number of aryl methyl sites for hydroxylation is 1. The first-order valence-corrected chi connectivity index (χ1v) is 5.36. The van der Waals surface area contributed by atoms with Crippen molar-refractivity contribution in [2.24, 2.45) is 0 Å². The summed E-state index contributed by atoms with van der Waals surface area (Å²) in [4.78, 5) is 0. The molecular weight excluding hydrogens is 194 g/mol. The van der Waals surface area contributed by atoms with Crippen LogP contribution in [0.15, 0.2) is 60.7 Å². The van der Waals surface area contributed by atoms with E-state index in [9.17, 15) is 0 Å². The Bertz CT molecular complexity index is 426. The summed E-state index contributed by atoms with van der Waals surface area (Å²) in [5, 5.41) is 8.29. The molecule has 1 nitrogen and oxygen atoms in total. The molecule has 0 spiro atoms. The Labute approximate surface area is 97.0 Å². The van der Waals surface area contributed by atoms with Crippen LogP contribution in [-0.4, -0.2) is 0 Å². The zero-order valence-corrected chi connectivity index (χ0v) is 9.43. The molecule has 2 aromatic rings. The van der Waals surface area contributed by atoms with Crippen molar-refractivity contribution in [3.05, 3.63) is 71.8 Å². The van der Waals surface area contributed by atoms with Crippen molar-refractivity contribution in [1.82, 2.24) is 0 Å². The zero-order valence-electron chi connectivity index (χ0n) is 9.43. The molecule has 0 N–H and O–H groups in total. The Hall–Kier alpha value is -2.07. The van der Waals surface area contributed by atoms with Crippen LogP contribution >= 0.6 is 0 Å². The number of rotatable bonds is 1. The third-order valence-electron chi connectivity index (χ3n) is 2.15. The van der Waals surface area contributed by atoms with Gasteiger partial charge in [0.1, 0.15) is 0 Å². The molecule has 0 amide bonds. The first-order chi connectivity index (χ1) is 7.86. The average Bonchev–Trinajstić information content (AvgIpc) is 2.41. The smallest absolute Gasteiger partial charge is 0.0991 e. The zero-order chi connectivity index (χ0) is 11.6. The summed E-state index contributed by atoms with van der Waals surface area (Å²) in [6, 6.07) is 21.6. The molecule has 0 aliphatic heterocycles. The highest BCUT2D eigenvalue weighted by Crippen LogP contribution is 1.96. The quantitative estimate of drug-likeness (QED) is 0.700. The van der Waals surface area contributed by atoms with E-state index < -0.39 is 0 Å². The van der Waals surface area contributed by atoms with Crippen LogP contribution in [0.1, 0.15) is 18.1 Å². The molecule has 2 rings (SSSR count). The van der Waals surface area contributed by atoms with E-state index in [0.717, 1.165) is 6.42 Å². The lowest BCUT2D eigenvalue weighted by molar-refractivity contribution is 1.14. The lowest BCUT2D eigenvalue weighted by atomic mass is 10.2. The molecule has 0 saturated heterocycles. The van der Waals surface area contributed by atoms with Gasteiger partial charge in [0.2, 0.25) is 0 Å². The van der Waals surface area contributed by atoms with Crippen molar-refractivity contribution in [2.75, 3.05) is 0 Å². The maximum atomic E-state index is 8.29. The summed E-state index contributed by atoms with van der Waals surface area (Å²) >= 11 is 0. The fourth-order valence-corrected chi connectivity index (χ4v) is 1.23. The van der Waals surface area contributed by atoms with E-state index >= 15 is 0 Å². The van der Waals surface area contributed by atoms with E-state index in [-0.39, 0.29) is 0 Å². The number of benzene rings is 2. The maximum absolute atomic E-state index is 8.29. The van der Waals surface area contributed by atoms with Crippen LogP contribution in [0.3, 0.4) is 0 Å². The highest BCUT2D eigenvalue weighted by molar-refractivity contribution is 5.27. The van der Waals surface area contributed by atoms with Crippen LogP contribution < -0.4 is 0 Å². The van der Waals surface area contributed by atoms with Gasteiger partial charge >= 0.3 is 0 Å². The van der Waals surface area contributed by atoms with Crippen LogP contribution in [-0.2, 0) is 6.42 Å². The minimum absolute atomic E-state index is 0.715. The van der Waals surface area contributed by atoms with E-state index in [1.54, 1.807) is 12.1 Å². The van der Waals surface area contributed by atoms with E-state index in [1.165, 1.54) is 5.56 Å². The summed E-state index contributed by atoms with van der Waals surface area (Å²) < 4.78 is 0. The summed E-state index contributed by atoms with van der Waals surface area (Å²) in [5.41, 5.74) is 2.12. The van der Waals surface area contributed by atoms with Gasteiger partial charge < -0.3 is 0 Å². The van der Waals surface area contributed by atoms with Gasteiger partial charge in [0, 0.05) is 0 Å². The van der Waals surface area contributed by atoms with Crippen molar-refractivity contribution in [3.8, 4) is 6.07 Å². The second-order valence-electron chi connectivity index (χ2n) is 3.32.